The molecule has 6 nitrogen and oxygen atoms in total. The van der Waals surface area contributed by atoms with E-state index in [9.17, 15) is 9.59 Å². The van der Waals surface area contributed by atoms with Crippen LogP contribution in [0.15, 0.2) is 48.5 Å². The summed E-state index contributed by atoms with van der Waals surface area (Å²) in [5.74, 6) is 0.161. The average molecular weight is 621 g/mol. The zero-order chi connectivity index (χ0) is 32.5. The van der Waals surface area contributed by atoms with E-state index in [4.69, 9.17) is 0 Å². The van der Waals surface area contributed by atoms with E-state index < -0.39 is 0 Å². The van der Waals surface area contributed by atoms with Gasteiger partial charge in [-0.1, -0.05) is 103 Å². The second kappa shape index (κ2) is 24.5. The number of nitrogens with zero attached hydrogens (tertiary/aromatic N) is 2. The van der Waals surface area contributed by atoms with Crippen LogP contribution in [-0.2, 0) is 16.0 Å². The molecule has 6 heteroatoms. The average Bonchev–Trinajstić information content (AvgIpc) is 3.04. The number of benzene rings is 2. The van der Waals surface area contributed by atoms with Crippen molar-refractivity contribution < 1.29 is 9.59 Å². The van der Waals surface area contributed by atoms with Crippen LogP contribution in [0, 0.1) is 0 Å². The predicted octanol–water partition coefficient (Wildman–Crippen LogP) is 9.30. The first-order valence-electron chi connectivity index (χ1n) is 18.2. The van der Waals surface area contributed by atoms with E-state index in [-0.39, 0.29) is 11.8 Å². The molecular formula is C39H64N4O2. The van der Waals surface area contributed by atoms with E-state index >= 15 is 0 Å². The molecule has 0 fully saturated rings. The lowest BCUT2D eigenvalue weighted by molar-refractivity contribution is -0.117. The topological polar surface area (TPSA) is 64.7 Å². The van der Waals surface area contributed by atoms with E-state index in [0.717, 1.165) is 57.1 Å². The molecule has 0 aliphatic carbocycles. The van der Waals surface area contributed by atoms with Gasteiger partial charge in [0.1, 0.15) is 0 Å². The van der Waals surface area contributed by atoms with Crippen molar-refractivity contribution in [3.8, 4) is 0 Å². The van der Waals surface area contributed by atoms with Gasteiger partial charge in [0.25, 0.3) is 0 Å². The Morgan fingerprint density at radius 2 is 0.778 bits per heavy atom. The van der Waals surface area contributed by atoms with Crippen molar-refractivity contribution in [2.45, 2.75) is 124 Å². The van der Waals surface area contributed by atoms with Gasteiger partial charge in [-0.25, -0.2) is 0 Å². The molecule has 0 bridgehead atoms. The van der Waals surface area contributed by atoms with E-state index in [0.29, 0.717) is 12.8 Å². The maximum absolute atomic E-state index is 12.7. The SMILES string of the molecule is CCCCCN(CCCCC)CCC(=O)Nc1ccc(Cc2ccc(NC(=O)CCN(CCCCC)CCCCC)cc2)cc1. The van der Waals surface area contributed by atoms with E-state index in [1.165, 1.54) is 88.2 Å². The minimum absolute atomic E-state index is 0.0806. The van der Waals surface area contributed by atoms with Crippen LogP contribution >= 0.6 is 0 Å². The zero-order valence-electron chi connectivity index (χ0n) is 29.2. The molecule has 2 rings (SSSR count). The summed E-state index contributed by atoms with van der Waals surface area (Å²) < 4.78 is 0. The van der Waals surface area contributed by atoms with Gasteiger partial charge in [0.2, 0.25) is 11.8 Å². The molecular weight excluding hydrogens is 556 g/mol. The Balaban J connectivity index is 1.77. The lowest BCUT2D eigenvalue weighted by atomic mass is 10.0. The minimum Gasteiger partial charge on any atom is -0.326 e. The highest BCUT2D eigenvalue weighted by Crippen LogP contribution is 2.17. The molecule has 2 amide bonds. The van der Waals surface area contributed by atoms with Crippen LogP contribution in [0.2, 0.25) is 0 Å². The van der Waals surface area contributed by atoms with Crippen molar-refractivity contribution in [1.29, 1.82) is 0 Å². The number of rotatable bonds is 26. The van der Waals surface area contributed by atoms with Gasteiger partial charge in [-0.05, 0) is 93.7 Å². The Morgan fingerprint density at radius 1 is 0.467 bits per heavy atom. The molecule has 0 aliphatic heterocycles. The Labute approximate surface area is 275 Å². The first-order valence-corrected chi connectivity index (χ1v) is 18.2. The third-order valence-corrected chi connectivity index (χ3v) is 8.51. The van der Waals surface area contributed by atoms with Gasteiger partial charge in [0.15, 0.2) is 0 Å². The number of amides is 2. The monoisotopic (exact) mass is 621 g/mol. The van der Waals surface area contributed by atoms with Gasteiger partial charge >= 0.3 is 0 Å². The molecule has 0 aliphatic rings. The van der Waals surface area contributed by atoms with Gasteiger partial charge in [0.05, 0.1) is 0 Å². The maximum atomic E-state index is 12.7. The molecule has 2 aromatic rings. The third-order valence-electron chi connectivity index (χ3n) is 8.51. The Hall–Kier alpha value is -2.70. The van der Waals surface area contributed by atoms with Crippen molar-refractivity contribution in [3.63, 3.8) is 0 Å². The quantitative estimate of drug-likeness (QED) is 0.103. The van der Waals surface area contributed by atoms with E-state index in [1.54, 1.807) is 0 Å². The van der Waals surface area contributed by atoms with Crippen molar-refractivity contribution in [2.75, 3.05) is 49.9 Å². The summed E-state index contributed by atoms with van der Waals surface area (Å²) in [6.07, 6.45) is 16.6. The number of anilines is 2. The second-order valence-electron chi connectivity index (χ2n) is 12.7. The highest BCUT2D eigenvalue weighted by Gasteiger charge is 2.11. The number of nitrogens with one attached hydrogen (secondary N) is 2. The minimum atomic E-state index is 0.0806. The van der Waals surface area contributed by atoms with Crippen LogP contribution in [0.4, 0.5) is 11.4 Å². The molecule has 0 radical (unpaired) electrons. The van der Waals surface area contributed by atoms with Gasteiger partial charge < -0.3 is 20.4 Å². The van der Waals surface area contributed by atoms with Gasteiger partial charge in [-0.15, -0.1) is 0 Å². The van der Waals surface area contributed by atoms with Gasteiger partial charge in [0, 0.05) is 37.3 Å². The van der Waals surface area contributed by atoms with Crippen molar-refractivity contribution >= 4 is 23.2 Å². The van der Waals surface area contributed by atoms with Crippen LogP contribution in [0.25, 0.3) is 0 Å². The molecule has 0 unspecified atom stereocenters. The number of carbonyl (C=O) groups excluding carboxylic acids is 2. The van der Waals surface area contributed by atoms with Gasteiger partial charge in [-0.2, -0.15) is 0 Å². The molecule has 0 heterocycles. The van der Waals surface area contributed by atoms with Crippen LogP contribution in [0.3, 0.4) is 0 Å². The number of carbonyl (C=O) groups is 2. The summed E-state index contributed by atoms with van der Waals surface area (Å²) in [4.78, 5) is 30.3. The third kappa shape index (κ3) is 18.1. The fraction of sp³-hybridized carbons (Fsp3) is 0.641. The molecule has 45 heavy (non-hydrogen) atoms. The first kappa shape index (κ1) is 38.5. The standard InChI is InChI=1S/C39H64N4O2/c1-5-9-13-27-42(28-14-10-6-2)31-25-38(44)40-36-21-17-34(18-22-36)33-35-19-23-37(24-20-35)41-39(45)26-32-43(29-15-11-7-3)30-16-12-8-4/h17-24H,5-16,25-33H2,1-4H3,(H,40,44)(H,41,45). The van der Waals surface area contributed by atoms with Crippen molar-refractivity contribution in [1.82, 2.24) is 9.80 Å². The molecule has 252 valence electrons. The van der Waals surface area contributed by atoms with Gasteiger partial charge in [-0.3, -0.25) is 9.59 Å². The zero-order valence-corrected chi connectivity index (χ0v) is 29.2. The van der Waals surface area contributed by atoms with Crippen LogP contribution in [-0.4, -0.2) is 60.9 Å². The van der Waals surface area contributed by atoms with Crippen molar-refractivity contribution in [3.05, 3.63) is 59.7 Å². The van der Waals surface area contributed by atoms with Crippen LogP contribution in [0.5, 0.6) is 0 Å². The number of hydrogen-bond donors (Lipinski definition) is 2. The summed E-state index contributed by atoms with van der Waals surface area (Å²) in [5.41, 5.74) is 4.07. The fourth-order valence-corrected chi connectivity index (χ4v) is 5.63. The first-order chi connectivity index (χ1) is 22.0. The normalized spacial score (nSPS) is 11.3. The van der Waals surface area contributed by atoms with Crippen LogP contribution in [0.1, 0.15) is 129 Å². The lowest BCUT2D eigenvalue weighted by Crippen LogP contribution is -2.30. The number of unbranched alkanes of at least 4 members (excludes halogenated alkanes) is 8. The molecule has 0 saturated carbocycles. The lowest BCUT2D eigenvalue weighted by Gasteiger charge is -2.22. The largest absolute Gasteiger partial charge is 0.326 e. The summed E-state index contributed by atoms with van der Waals surface area (Å²) in [6, 6.07) is 16.3. The highest BCUT2D eigenvalue weighted by molar-refractivity contribution is 5.91. The van der Waals surface area contributed by atoms with Crippen molar-refractivity contribution in [2.24, 2.45) is 0 Å². The fourth-order valence-electron chi connectivity index (χ4n) is 5.63. The Kier molecular flexibility index (Phi) is 21.0. The molecule has 0 atom stereocenters. The smallest absolute Gasteiger partial charge is 0.225 e. The van der Waals surface area contributed by atoms with Crippen LogP contribution < -0.4 is 10.6 Å². The molecule has 0 saturated heterocycles. The summed E-state index contributed by atoms with van der Waals surface area (Å²) in [6.45, 7) is 14.9. The highest BCUT2D eigenvalue weighted by atomic mass is 16.2. The molecule has 2 aromatic carbocycles. The number of hydrogen-bond acceptors (Lipinski definition) is 4. The molecule has 0 aromatic heterocycles. The summed E-state index contributed by atoms with van der Waals surface area (Å²) in [7, 11) is 0. The summed E-state index contributed by atoms with van der Waals surface area (Å²) >= 11 is 0. The molecule has 0 spiro atoms. The van der Waals surface area contributed by atoms with E-state index in [1.807, 2.05) is 24.3 Å². The Morgan fingerprint density at radius 3 is 1.07 bits per heavy atom. The molecule has 2 N–H and O–H groups in total. The summed E-state index contributed by atoms with van der Waals surface area (Å²) in [5, 5.41) is 6.16. The maximum Gasteiger partial charge on any atom is 0.225 e. The predicted molar refractivity (Wildman–Crippen MR) is 193 cm³/mol. The Bertz CT molecular complexity index is 935. The second-order valence-corrected chi connectivity index (χ2v) is 12.7. The van der Waals surface area contributed by atoms with E-state index in [2.05, 4.69) is 72.4 Å².